The minimum absolute atomic E-state index is 0.115. The molecule has 2 N–H and O–H groups in total. The number of amides is 1. The lowest BCUT2D eigenvalue weighted by atomic mass is 10.1. The summed E-state index contributed by atoms with van der Waals surface area (Å²) in [7, 11) is 0. The predicted molar refractivity (Wildman–Crippen MR) is 107 cm³/mol. The summed E-state index contributed by atoms with van der Waals surface area (Å²) in [6.07, 6.45) is 1.19. The molecule has 0 spiro atoms. The standard InChI is InChI=1S/C19H15BrN4O3/c20-18-10-16(17(12-22-18)24(26)27)21-11-13-5-4-6-14(9-13)19(25)23-15-7-2-1-3-8-15/h1-10,12H,11H2,(H,21,22)(H,23,25). The third kappa shape index (κ3) is 4.89. The third-order valence-electron chi connectivity index (χ3n) is 3.75. The number of anilines is 2. The lowest BCUT2D eigenvalue weighted by Crippen LogP contribution is -2.12. The molecule has 1 amide bonds. The van der Waals surface area contributed by atoms with Gasteiger partial charge in [-0.1, -0.05) is 30.3 Å². The first-order valence-electron chi connectivity index (χ1n) is 8.02. The van der Waals surface area contributed by atoms with Crippen LogP contribution >= 0.6 is 15.9 Å². The van der Waals surface area contributed by atoms with Crippen molar-refractivity contribution in [2.75, 3.05) is 10.6 Å². The van der Waals surface area contributed by atoms with Gasteiger partial charge in [0.25, 0.3) is 5.91 Å². The van der Waals surface area contributed by atoms with Crippen LogP contribution in [0.3, 0.4) is 0 Å². The molecule has 8 heteroatoms. The summed E-state index contributed by atoms with van der Waals surface area (Å²) >= 11 is 3.21. The zero-order chi connectivity index (χ0) is 19.2. The van der Waals surface area contributed by atoms with Crippen molar-refractivity contribution in [3.8, 4) is 0 Å². The van der Waals surface area contributed by atoms with E-state index < -0.39 is 4.92 Å². The number of pyridine rings is 1. The Morgan fingerprint density at radius 2 is 1.89 bits per heavy atom. The Hall–Kier alpha value is -3.26. The van der Waals surface area contributed by atoms with Gasteiger partial charge in [0.05, 0.1) is 4.92 Å². The Kier molecular flexibility index (Phi) is 5.77. The van der Waals surface area contributed by atoms with E-state index in [0.29, 0.717) is 28.1 Å². The van der Waals surface area contributed by atoms with E-state index in [0.717, 1.165) is 5.56 Å². The molecule has 7 nitrogen and oxygen atoms in total. The van der Waals surface area contributed by atoms with Crippen molar-refractivity contribution < 1.29 is 9.72 Å². The molecule has 0 aliphatic rings. The van der Waals surface area contributed by atoms with E-state index in [-0.39, 0.29) is 11.6 Å². The molecule has 0 atom stereocenters. The van der Waals surface area contributed by atoms with Crippen LogP contribution in [0, 0.1) is 10.1 Å². The number of hydrogen-bond donors (Lipinski definition) is 2. The molecule has 3 aromatic rings. The summed E-state index contributed by atoms with van der Waals surface area (Å²) in [5.74, 6) is -0.222. The van der Waals surface area contributed by atoms with E-state index in [9.17, 15) is 14.9 Å². The van der Waals surface area contributed by atoms with Crippen molar-refractivity contribution >= 4 is 38.9 Å². The maximum absolute atomic E-state index is 12.4. The number of para-hydroxylation sites is 1. The largest absolute Gasteiger partial charge is 0.375 e. The molecule has 0 aliphatic carbocycles. The molecule has 0 aliphatic heterocycles. The monoisotopic (exact) mass is 426 g/mol. The van der Waals surface area contributed by atoms with Gasteiger partial charge in [-0.05, 0) is 45.8 Å². The number of nitrogens with one attached hydrogen (secondary N) is 2. The minimum Gasteiger partial charge on any atom is -0.375 e. The summed E-state index contributed by atoms with van der Waals surface area (Å²) in [6, 6.07) is 17.8. The first-order chi connectivity index (χ1) is 13.0. The van der Waals surface area contributed by atoms with E-state index in [1.54, 1.807) is 24.3 Å². The normalized spacial score (nSPS) is 10.3. The number of carbonyl (C=O) groups is 1. The van der Waals surface area contributed by atoms with Gasteiger partial charge in [-0.2, -0.15) is 0 Å². The molecular formula is C19H15BrN4O3. The van der Waals surface area contributed by atoms with Gasteiger partial charge in [0.1, 0.15) is 16.5 Å². The lowest BCUT2D eigenvalue weighted by Gasteiger charge is -2.09. The van der Waals surface area contributed by atoms with Crippen LogP contribution in [-0.2, 0) is 6.54 Å². The average molecular weight is 427 g/mol. The van der Waals surface area contributed by atoms with Gasteiger partial charge in [-0.3, -0.25) is 14.9 Å². The Balaban J connectivity index is 1.72. The second-order valence-electron chi connectivity index (χ2n) is 5.66. The van der Waals surface area contributed by atoms with Crippen molar-refractivity contribution in [2.24, 2.45) is 0 Å². The predicted octanol–water partition coefficient (Wildman–Crippen LogP) is 4.62. The molecule has 0 unspecified atom stereocenters. The van der Waals surface area contributed by atoms with Crippen LogP contribution in [0.2, 0.25) is 0 Å². The highest BCUT2D eigenvalue weighted by Crippen LogP contribution is 2.26. The number of hydrogen-bond acceptors (Lipinski definition) is 5. The molecule has 1 aromatic heterocycles. The zero-order valence-corrected chi connectivity index (χ0v) is 15.6. The number of halogens is 1. The fourth-order valence-corrected chi connectivity index (χ4v) is 2.79. The smallest absolute Gasteiger partial charge is 0.310 e. The van der Waals surface area contributed by atoms with Crippen molar-refractivity contribution in [1.82, 2.24) is 4.98 Å². The lowest BCUT2D eigenvalue weighted by molar-refractivity contribution is -0.384. The van der Waals surface area contributed by atoms with Crippen LogP contribution < -0.4 is 10.6 Å². The van der Waals surface area contributed by atoms with E-state index in [4.69, 9.17) is 0 Å². The van der Waals surface area contributed by atoms with Crippen LogP contribution in [0.4, 0.5) is 17.1 Å². The fraction of sp³-hybridized carbons (Fsp3) is 0.0526. The van der Waals surface area contributed by atoms with E-state index in [2.05, 4.69) is 31.5 Å². The van der Waals surface area contributed by atoms with Gasteiger partial charge in [-0.25, -0.2) is 4.98 Å². The number of aromatic nitrogens is 1. The molecule has 0 fully saturated rings. The van der Waals surface area contributed by atoms with Crippen molar-refractivity contribution in [3.63, 3.8) is 0 Å². The number of benzene rings is 2. The van der Waals surface area contributed by atoms with Gasteiger partial charge in [0.15, 0.2) is 0 Å². The number of rotatable bonds is 6. The molecule has 0 saturated heterocycles. The molecule has 1 heterocycles. The molecule has 136 valence electrons. The van der Waals surface area contributed by atoms with Crippen molar-refractivity contribution in [1.29, 1.82) is 0 Å². The first kappa shape index (κ1) is 18.5. The third-order valence-corrected chi connectivity index (χ3v) is 4.18. The van der Waals surface area contributed by atoms with Crippen LogP contribution in [0.1, 0.15) is 15.9 Å². The molecule has 0 radical (unpaired) electrons. The Labute approximate surface area is 163 Å². The quantitative estimate of drug-likeness (QED) is 0.340. The average Bonchev–Trinajstić information content (AvgIpc) is 2.67. The van der Waals surface area contributed by atoms with Crippen LogP contribution in [0.5, 0.6) is 0 Å². The maximum Gasteiger partial charge on any atom is 0.310 e. The topological polar surface area (TPSA) is 97.2 Å². The van der Waals surface area contributed by atoms with Crippen LogP contribution in [-0.4, -0.2) is 15.8 Å². The Morgan fingerprint density at radius 1 is 1.11 bits per heavy atom. The minimum atomic E-state index is -0.495. The fourth-order valence-electron chi connectivity index (χ4n) is 2.45. The molecule has 0 saturated carbocycles. The summed E-state index contributed by atoms with van der Waals surface area (Å²) in [6.45, 7) is 0.323. The van der Waals surface area contributed by atoms with E-state index in [1.807, 2.05) is 36.4 Å². The van der Waals surface area contributed by atoms with Gasteiger partial charge < -0.3 is 10.6 Å². The van der Waals surface area contributed by atoms with E-state index >= 15 is 0 Å². The van der Waals surface area contributed by atoms with E-state index in [1.165, 1.54) is 6.20 Å². The van der Waals surface area contributed by atoms with Crippen molar-refractivity contribution in [2.45, 2.75) is 6.54 Å². The summed E-state index contributed by atoms with van der Waals surface area (Å²) in [5, 5.41) is 17.0. The van der Waals surface area contributed by atoms with Gasteiger partial charge in [0.2, 0.25) is 0 Å². The number of nitrogens with zero attached hydrogens (tertiary/aromatic N) is 2. The summed E-state index contributed by atoms with van der Waals surface area (Å²) in [5.41, 5.74) is 2.27. The highest BCUT2D eigenvalue weighted by molar-refractivity contribution is 9.10. The molecule has 3 rings (SSSR count). The van der Waals surface area contributed by atoms with Crippen LogP contribution in [0.25, 0.3) is 0 Å². The molecular weight excluding hydrogens is 412 g/mol. The Morgan fingerprint density at radius 3 is 2.63 bits per heavy atom. The molecule has 27 heavy (non-hydrogen) atoms. The second-order valence-corrected chi connectivity index (χ2v) is 6.47. The van der Waals surface area contributed by atoms with Gasteiger partial charge in [0, 0.05) is 23.9 Å². The first-order valence-corrected chi connectivity index (χ1v) is 8.81. The van der Waals surface area contributed by atoms with Gasteiger partial charge in [-0.15, -0.1) is 0 Å². The Bertz CT molecular complexity index is 980. The number of carbonyl (C=O) groups excluding carboxylic acids is 1. The summed E-state index contributed by atoms with van der Waals surface area (Å²) in [4.78, 5) is 26.9. The van der Waals surface area contributed by atoms with Crippen LogP contribution in [0.15, 0.2) is 71.5 Å². The SMILES string of the molecule is O=C(Nc1ccccc1)c1cccc(CNc2cc(Br)ncc2[N+](=O)[O-])c1. The molecule has 2 aromatic carbocycles. The molecule has 0 bridgehead atoms. The highest BCUT2D eigenvalue weighted by Gasteiger charge is 2.15. The van der Waals surface area contributed by atoms with Crippen molar-refractivity contribution in [3.05, 3.63) is 92.7 Å². The zero-order valence-electron chi connectivity index (χ0n) is 14.1. The summed E-state index contributed by atoms with van der Waals surface area (Å²) < 4.78 is 0.492. The number of nitro groups is 1. The highest BCUT2D eigenvalue weighted by atomic mass is 79.9. The van der Waals surface area contributed by atoms with Gasteiger partial charge >= 0.3 is 5.69 Å². The maximum atomic E-state index is 12.4. The second kappa shape index (κ2) is 8.41.